The lowest BCUT2D eigenvalue weighted by Gasteiger charge is -2.22. The summed E-state index contributed by atoms with van der Waals surface area (Å²) in [5, 5.41) is 5.89. The molecular formula is C21H26N4O4. The van der Waals surface area contributed by atoms with Gasteiger partial charge in [0.15, 0.2) is 0 Å². The van der Waals surface area contributed by atoms with E-state index in [0.29, 0.717) is 44.1 Å². The first-order valence-corrected chi connectivity index (χ1v) is 9.41. The van der Waals surface area contributed by atoms with E-state index in [-0.39, 0.29) is 11.9 Å². The van der Waals surface area contributed by atoms with E-state index in [0.717, 1.165) is 11.1 Å². The van der Waals surface area contributed by atoms with Crippen LogP contribution in [0.2, 0.25) is 0 Å². The summed E-state index contributed by atoms with van der Waals surface area (Å²) < 4.78 is 10.2. The molecule has 1 aromatic rings. The standard InChI is InChI=1S/C21H26N4O4/c1-28-11-9-24(10-12-29-2)20(26)16-3-5-19(6-4-16)23-21(27)25-14-17-7-8-22-13-18(17)15-25/h3-8,13-14,22H,9-12,15H2,1-2H3,(H,23,27). The van der Waals surface area contributed by atoms with Gasteiger partial charge in [-0.3, -0.25) is 9.69 Å². The molecule has 0 saturated heterocycles. The van der Waals surface area contributed by atoms with Crippen LogP contribution in [-0.2, 0) is 9.47 Å². The highest BCUT2D eigenvalue weighted by atomic mass is 16.5. The van der Waals surface area contributed by atoms with Gasteiger partial charge in [-0.15, -0.1) is 0 Å². The van der Waals surface area contributed by atoms with Crippen LogP contribution in [0.15, 0.2) is 60.1 Å². The first-order chi connectivity index (χ1) is 14.1. The number of benzene rings is 1. The number of nitrogens with zero attached hydrogens (tertiary/aromatic N) is 2. The van der Waals surface area contributed by atoms with Gasteiger partial charge in [0.1, 0.15) is 0 Å². The Morgan fingerprint density at radius 1 is 1.14 bits per heavy atom. The van der Waals surface area contributed by atoms with E-state index < -0.39 is 0 Å². The zero-order valence-electron chi connectivity index (χ0n) is 16.7. The third kappa shape index (κ3) is 5.24. The molecule has 8 nitrogen and oxygen atoms in total. The number of nitrogens with one attached hydrogen (secondary N) is 2. The average molecular weight is 398 g/mol. The van der Waals surface area contributed by atoms with Crippen molar-refractivity contribution in [2.24, 2.45) is 0 Å². The number of carbonyl (C=O) groups excluding carboxylic acids is 2. The molecule has 1 aromatic carbocycles. The number of hydrogen-bond donors (Lipinski definition) is 2. The Hall–Kier alpha value is -3.10. The lowest BCUT2D eigenvalue weighted by Crippen LogP contribution is -2.36. The number of dihydropyridines is 1. The second kappa shape index (κ2) is 9.90. The number of hydrogen-bond acceptors (Lipinski definition) is 5. The molecule has 2 N–H and O–H groups in total. The molecule has 0 unspecified atom stereocenters. The predicted molar refractivity (Wildman–Crippen MR) is 110 cm³/mol. The second-order valence-corrected chi connectivity index (χ2v) is 6.67. The number of carbonyl (C=O) groups is 2. The predicted octanol–water partition coefficient (Wildman–Crippen LogP) is 2.15. The summed E-state index contributed by atoms with van der Waals surface area (Å²) in [7, 11) is 3.20. The number of urea groups is 1. The van der Waals surface area contributed by atoms with Gasteiger partial charge >= 0.3 is 6.03 Å². The molecule has 154 valence electrons. The molecule has 2 aliphatic heterocycles. The summed E-state index contributed by atoms with van der Waals surface area (Å²) in [6.45, 7) is 2.40. The Labute approximate surface area is 170 Å². The molecule has 29 heavy (non-hydrogen) atoms. The lowest BCUT2D eigenvalue weighted by atomic mass is 10.1. The fourth-order valence-corrected chi connectivity index (χ4v) is 3.06. The lowest BCUT2D eigenvalue weighted by molar-refractivity contribution is 0.0627. The normalized spacial score (nSPS) is 14.6. The van der Waals surface area contributed by atoms with E-state index in [2.05, 4.69) is 10.6 Å². The summed E-state index contributed by atoms with van der Waals surface area (Å²) in [5.74, 6) is -0.100. The zero-order chi connectivity index (χ0) is 20.6. The molecule has 3 amide bonds. The molecule has 2 aliphatic rings. The van der Waals surface area contributed by atoms with Crippen molar-refractivity contribution in [2.75, 3.05) is 52.4 Å². The van der Waals surface area contributed by atoms with Crippen molar-refractivity contribution in [1.82, 2.24) is 15.1 Å². The summed E-state index contributed by atoms with van der Waals surface area (Å²) in [5.41, 5.74) is 3.26. The molecule has 0 aromatic heterocycles. The van der Waals surface area contributed by atoms with Crippen LogP contribution < -0.4 is 10.6 Å². The maximum absolute atomic E-state index is 12.7. The van der Waals surface area contributed by atoms with Gasteiger partial charge in [-0.25, -0.2) is 4.79 Å². The van der Waals surface area contributed by atoms with Gasteiger partial charge in [-0.2, -0.15) is 0 Å². The number of ether oxygens (including phenoxy) is 2. The maximum Gasteiger partial charge on any atom is 0.326 e. The number of amides is 3. The zero-order valence-corrected chi connectivity index (χ0v) is 16.7. The van der Waals surface area contributed by atoms with Crippen LogP contribution in [0.4, 0.5) is 10.5 Å². The molecule has 0 fully saturated rings. The van der Waals surface area contributed by atoms with Crippen LogP contribution in [0.25, 0.3) is 0 Å². The van der Waals surface area contributed by atoms with Crippen LogP contribution in [0.3, 0.4) is 0 Å². The molecule has 2 heterocycles. The first-order valence-electron chi connectivity index (χ1n) is 9.41. The summed E-state index contributed by atoms with van der Waals surface area (Å²) in [6.07, 6.45) is 7.47. The van der Waals surface area contributed by atoms with Gasteiger partial charge in [0.25, 0.3) is 5.91 Å². The fourth-order valence-electron chi connectivity index (χ4n) is 3.06. The SMILES string of the molecule is COCCN(CCOC)C(=O)c1ccc(NC(=O)N2C=C3C=CNC=C3C2)cc1. The summed E-state index contributed by atoms with van der Waals surface area (Å²) in [6, 6.07) is 6.66. The third-order valence-corrected chi connectivity index (χ3v) is 4.68. The van der Waals surface area contributed by atoms with E-state index >= 15 is 0 Å². The van der Waals surface area contributed by atoms with Crippen molar-refractivity contribution < 1.29 is 19.1 Å². The fraction of sp³-hybridized carbons (Fsp3) is 0.333. The number of rotatable bonds is 8. The Bertz CT molecular complexity index is 822. The van der Waals surface area contributed by atoms with Gasteiger partial charge in [0.2, 0.25) is 0 Å². The van der Waals surface area contributed by atoms with Gasteiger partial charge in [-0.05, 0) is 41.5 Å². The van der Waals surface area contributed by atoms with Gasteiger partial charge in [-0.1, -0.05) is 0 Å². The van der Waals surface area contributed by atoms with Crippen molar-refractivity contribution in [3.8, 4) is 0 Å². The van der Waals surface area contributed by atoms with Crippen molar-refractivity contribution in [1.29, 1.82) is 0 Å². The second-order valence-electron chi connectivity index (χ2n) is 6.67. The van der Waals surface area contributed by atoms with Crippen LogP contribution in [-0.4, -0.2) is 68.8 Å². The van der Waals surface area contributed by atoms with Crippen molar-refractivity contribution in [3.05, 3.63) is 65.7 Å². The highest BCUT2D eigenvalue weighted by Crippen LogP contribution is 2.24. The molecule has 8 heteroatoms. The highest BCUT2D eigenvalue weighted by molar-refractivity contribution is 5.96. The van der Waals surface area contributed by atoms with E-state index in [9.17, 15) is 9.59 Å². The Morgan fingerprint density at radius 3 is 2.45 bits per heavy atom. The Balaban J connectivity index is 1.60. The molecule has 0 radical (unpaired) electrons. The Kier molecular flexibility index (Phi) is 7.04. The molecule has 0 aliphatic carbocycles. The van der Waals surface area contributed by atoms with Crippen molar-refractivity contribution in [3.63, 3.8) is 0 Å². The molecule has 3 rings (SSSR count). The highest BCUT2D eigenvalue weighted by Gasteiger charge is 2.23. The van der Waals surface area contributed by atoms with E-state index in [1.165, 1.54) is 0 Å². The molecule has 0 spiro atoms. The van der Waals surface area contributed by atoms with Crippen molar-refractivity contribution >= 4 is 17.6 Å². The number of anilines is 1. The minimum Gasteiger partial charge on any atom is -0.383 e. The average Bonchev–Trinajstić information content (AvgIpc) is 3.18. The van der Waals surface area contributed by atoms with E-state index in [1.807, 2.05) is 24.7 Å². The van der Waals surface area contributed by atoms with Gasteiger partial charge in [0.05, 0.1) is 19.8 Å². The number of allylic oxidation sites excluding steroid dienone is 1. The smallest absolute Gasteiger partial charge is 0.326 e. The van der Waals surface area contributed by atoms with E-state index in [1.54, 1.807) is 48.3 Å². The van der Waals surface area contributed by atoms with Gasteiger partial charge < -0.3 is 25.0 Å². The summed E-state index contributed by atoms with van der Waals surface area (Å²) in [4.78, 5) is 28.6. The third-order valence-electron chi connectivity index (χ3n) is 4.68. The number of fused-ring (bicyclic) bond motifs is 1. The van der Waals surface area contributed by atoms with Crippen molar-refractivity contribution in [2.45, 2.75) is 0 Å². The molecule has 0 atom stereocenters. The van der Waals surface area contributed by atoms with Crippen LogP contribution in [0.1, 0.15) is 10.4 Å². The topological polar surface area (TPSA) is 83.1 Å². The largest absolute Gasteiger partial charge is 0.383 e. The molecular weight excluding hydrogens is 372 g/mol. The minimum absolute atomic E-state index is 0.100. The Morgan fingerprint density at radius 2 is 1.83 bits per heavy atom. The summed E-state index contributed by atoms with van der Waals surface area (Å²) >= 11 is 0. The van der Waals surface area contributed by atoms with Crippen LogP contribution >= 0.6 is 0 Å². The van der Waals surface area contributed by atoms with Gasteiger partial charge in [0, 0.05) is 57.2 Å². The quantitative estimate of drug-likeness (QED) is 0.701. The van der Waals surface area contributed by atoms with Crippen LogP contribution in [0, 0.1) is 0 Å². The maximum atomic E-state index is 12.7. The molecule has 0 bridgehead atoms. The monoisotopic (exact) mass is 398 g/mol. The minimum atomic E-state index is -0.220. The number of methoxy groups -OCH3 is 2. The first kappa shape index (κ1) is 20.6. The molecule has 0 saturated carbocycles. The van der Waals surface area contributed by atoms with Crippen LogP contribution in [0.5, 0.6) is 0 Å². The van der Waals surface area contributed by atoms with E-state index in [4.69, 9.17) is 9.47 Å².